The molecule has 3 nitrogen and oxygen atoms in total. The van der Waals surface area contributed by atoms with Crippen LogP contribution < -0.4 is 0 Å². The van der Waals surface area contributed by atoms with Gasteiger partial charge in [0.2, 0.25) is 0 Å². The predicted molar refractivity (Wildman–Crippen MR) is 78.7 cm³/mol. The first kappa shape index (κ1) is 12.9. The fraction of sp³-hybridized carbons (Fsp3) is 0.235. The Balaban J connectivity index is 2.05. The molecule has 3 rings (SSSR count). The number of fused-ring (bicyclic) bond motifs is 1. The van der Waals surface area contributed by atoms with E-state index >= 15 is 0 Å². The Morgan fingerprint density at radius 2 is 1.70 bits per heavy atom. The molecule has 1 aromatic carbocycles. The van der Waals surface area contributed by atoms with Crippen LogP contribution in [-0.4, -0.2) is 10.1 Å². The summed E-state index contributed by atoms with van der Waals surface area (Å²) in [6.07, 6.45) is -0.761. The van der Waals surface area contributed by atoms with Crippen molar-refractivity contribution >= 4 is 11.0 Å². The minimum absolute atomic E-state index is 0.565. The van der Waals surface area contributed by atoms with Crippen LogP contribution in [0.4, 0.5) is 0 Å². The van der Waals surface area contributed by atoms with Gasteiger partial charge in [0.1, 0.15) is 17.4 Å². The molecule has 2 aromatic heterocycles. The number of aryl methyl sites for hydroxylation is 3. The first-order valence-corrected chi connectivity index (χ1v) is 6.66. The molecule has 0 saturated carbocycles. The van der Waals surface area contributed by atoms with E-state index in [9.17, 15) is 5.11 Å². The number of aromatic nitrogens is 1. The van der Waals surface area contributed by atoms with Gasteiger partial charge in [0.25, 0.3) is 0 Å². The van der Waals surface area contributed by atoms with Crippen LogP contribution in [0.1, 0.15) is 34.4 Å². The molecule has 1 N–H and O–H groups in total. The summed E-state index contributed by atoms with van der Waals surface area (Å²) in [7, 11) is 0. The molecule has 102 valence electrons. The van der Waals surface area contributed by atoms with Gasteiger partial charge < -0.3 is 9.52 Å². The SMILES string of the molecule is Cc1ccc2oc(C(O)c3cc(C)nc(C)c3)cc2c1. The molecule has 0 aliphatic rings. The summed E-state index contributed by atoms with van der Waals surface area (Å²) in [4.78, 5) is 4.32. The molecule has 1 atom stereocenters. The summed E-state index contributed by atoms with van der Waals surface area (Å²) in [6.45, 7) is 5.88. The molecule has 2 heterocycles. The summed E-state index contributed by atoms with van der Waals surface area (Å²) < 4.78 is 5.75. The maximum Gasteiger partial charge on any atom is 0.138 e. The van der Waals surface area contributed by atoms with E-state index in [2.05, 4.69) is 11.1 Å². The van der Waals surface area contributed by atoms with Crippen molar-refractivity contribution in [2.75, 3.05) is 0 Å². The predicted octanol–water partition coefficient (Wildman–Crippen LogP) is 3.83. The molecule has 0 aliphatic carbocycles. The van der Waals surface area contributed by atoms with E-state index in [1.807, 2.05) is 51.1 Å². The van der Waals surface area contributed by atoms with Gasteiger partial charge in [0.15, 0.2) is 0 Å². The van der Waals surface area contributed by atoms with E-state index in [0.29, 0.717) is 5.76 Å². The van der Waals surface area contributed by atoms with Crippen LogP contribution in [0.3, 0.4) is 0 Å². The lowest BCUT2D eigenvalue weighted by atomic mass is 10.1. The normalized spacial score (nSPS) is 12.8. The Morgan fingerprint density at radius 1 is 1.00 bits per heavy atom. The quantitative estimate of drug-likeness (QED) is 0.767. The number of hydrogen-bond acceptors (Lipinski definition) is 3. The van der Waals surface area contributed by atoms with Gasteiger partial charge in [0.05, 0.1) is 0 Å². The topological polar surface area (TPSA) is 46.3 Å². The monoisotopic (exact) mass is 267 g/mol. The lowest BCUT2D eigenvalue weighted by molar-refractivity contribution is 0.192. The van der Waals surface area contributed by atoms with Gasteiger partial charge in [-0.15, -0.1) is 0 Å². The summed E-state index contributed by atoms with van der Waals surface area (Å²) >= 11 is 0. The van der Waals surface area contributed by atoms with Crippen molar-refractivity contribution in [2.24, 2.45) is 0 Å². The van der Waals surface area contributed by atoms with E-state index in [0.717, 1.165) is 27.9 Å². The average Bonchev–Trinajstić information content (AvgIpc) is 2.79. The molecule has 0 bridgehead atoms. The van der Waals surface area contributed by atoms with Crippen molar-refractivity contribution in [1.29, 1.82) is 0 Å². The van der Waals surface area contributed by atoms with Crippen LogP contribution in [0.2, 0.25) is 0 Å². The Hall–Kier alpha value is -2.13. The van der Waals surface area contributed by atoms with Crippen molar-refractivity contribution in [3.8, 4) is 0 Å². The lowest BCUT2D eigenvalue weighted by Crippen LogP contribution is -2.00. The second kappa shape index (κ2) is 4.76. The number of pyridine rings is 1. The fourth-order valence-corrected chi connectivity index (χ4v) is 2.51. The summed E-state index contributed by atoms with van der Waals surface area (Å²) in [5.74, 6) is 0.565. The third-order valence-electron chi connectivity index (χ3n) is 3.38. The van der Waals surface area contributed by atoms with E-state index in [4.69, 9.17) is 4.42 Å². The van der Waals surface area contributed by atoms with Crippen molar-refractivity contribution in [1.82, 2.24) is 4.98 Å². The van der Waals surface area contributed by atoms with E-state index < -0.39 is 6.10 Å². The molecule has 20 heavy (non-hydrogen) atoms. The average molecular weight is 267 g/mol. The van der Waals surface area contributed by atoms with Crippen molar-refractivity contribution < 1.29 is 9.52 Å². The van der Waals surface area contributed by atoms with Gasteiger partial charge in [-0.3, -0.25) is 4.98 Å². The molecule has 0 radical (unpaired) electrons. The summed E-state index contributed by atoms with van der Waals surface area (Å²) in [6, 6.07) is 11.7. The van der Waals surface area contributed by atoms with E-state index in [1.54, 1.807) is 0 Å². The maximum absolute atomic E-state index is 10.5. The van der Waals surface area contributed by atoms with Crippen LogP contribution in [0, 0.1) is 20.8 Å². The fourth-order valence-electron chi connectivity index (χ4n) is 2.51. The number of furan rings is 1. The Bertz CT molecular complexity index is 754. The second-order valence-corrected chi connectivity index (χ2v) is 5.28. The number of hydrogen-bond donors (Lipinski definition) is 1. The van der Waals surface area contributed by atoms with Gasteiger partial charge in [-0.2, -0.15) is 0 Å². The van der Waals surface area contributed by atoms with Crippen molar-refractivity contribution in [2.45, 2.75) is 26.9 Å². The van der Waals surface area contributed by atoms with Crippen LogP contribution in [-0.2, 0) is 0 Å². The zero-order valence-corrected chi connectivity index (χ0v) is 11.8. The van der Waals surface area contributed by atoms with Gasteiger partial charge in [-0.05, 0) is 56.7 Å². The Morgan fingerprint density at radius 3 is 2.40 bits per heavy atom. The smallest absolute Gasteiger partial charge is 0.138 e. The number of aliphatic hydroxyl groups is 1. The highest BCUT2D eigenvalue weighted by Crippen LogP contribution is 2.29. The number of nitrogens with zero attached hydrogens (tertiary/aromatic N) is 1. The summed E-state index contributed by atoms with van der Waals surface area (Å²) in [5, 5.41) is 11.5. The highest BCUT2D eigenvalue weighted by Gasteiger charge is 2.16. The highest BCUT2D eigenvalue weighted by molar-refractivity contribution is 5.78. The van der Waals surface area contributed by atoms with E-state index in [-0.39, 0.29) is 0 Å². The number of aliphatic hydroxyl groups excluding tert-OH is 1. The second-order valence-electron chi connectivity index (χ2n) is 5.28. The largest absolute Gasteiger partial charge is 0.458 e. The molecule has 0 saturated heterocycles. The highest BCUT2D eigenvalue weighted by atomic mass is 16.4. The van der Waals surface area contributed by atoms with Crippen LogP contribution >= 0.6 is 0 Å². The molecule has 0 spiro atoms. The third kappa shape index (κ3) is 2.32. The van der Waals surface area contributed by atoms with Crippen LogP contribution in [0.5, 0.6) is 0 Å². The minimum Gasteiger partial charge on any atom is -0.458 e. The zero-order chi connectivity index (χ0) is 14.3. The third-order valence-corrected chi connectivity index (χ3v) is 3.38. The van der Waals surface area contributed by atoms with Gasteiger partial charge >= 0.3 is 0 Å². The van der Waals surface area contributed by atoms with Gasteiger partial charge in [-0.1, -0.05) is 11.6 Å². The molecular formula is C17H17NO2. The Labute approximate surface area is 117 Å². The van der Waals surface area contributed by atoms with Crippen molar-refractivity contribution in [3.05, 3.63) is 64.7 Å². The lowest BCUT2D eigenvalue weighted by Gasteiger charge is -2.09. The van der Waals surface area contributed by atoms with E-state index in [1.165, 1.54) is 5.56 Å². The van der Waals surface area contributed by atoms with Crippen LogP contribution in [0.15, 0.2) is 40.8 Å². The van der Waals surface area contributed by atoms with Gasteiger partial charge in [0, 0.05) is 16.8 Å². The maximum atomic E-state index is 10.5. The molecule has 0 aliphatic heterocycles. The first-order chi connectivity index (χ1) is 9.52. The van der Waals surface area contributed by atoms with Crippen molar-refractivity contribution in [3.63, 3.8) is 0 Å². The van der Waals surface area contributed by atoms with Gasteiger partial charge in [-0.25, -0.2) is 0 Å². The zero-order valence-electron chi connectivity index (χ0n) is 11.8. The number of benzene rings is 1. The first-order valence-electron chi connectivity index (χ1n) is 6.66. The number of rotatable bonds is 2. The summed E-state index contributed by atoms with van der Waals surface area (Å²) in [5.41, 5.74) is 4.57. The standard InChI is InChI=1S/C17H17NO2/c1-10-4-5-15-13(6-10)9-16(20-15)17(19)14-7-11(2)18-12(3)8-14/h4-9,17,19H,1-3H3. The Kier molecular flexibility index (Phi) is 3.07. The molecule has 0 amide bonds. The minimum atomic E-state index is -0.761. The molecule has 3 aromatic rings. The molecule has 1 unspecified atom stereocenters. The molecule has 3 heteroatoms. The molecular weight excluding hydrogens is 250 g/mol. The van der Waals surface area contributed by atoms with Crippen LogP contribution in [0.25, 0.3) is 11.0 Å². The molecule has 0 fully saturated rings.